The Labute approximate surface area is 203 Å². The monoisotopic (exact) mass is 493 g/mol. The summed E-state index contributed by atoms with van der Waals surface area (Å²) in [5.74, 6) is -0.552. The molecule has 0 atom stereocenters. The molecule has 4 rings (SSSR count). The molecule has 0 aromatic heterocycles. The fourth-order valence-corrected chi connectivity index (χ4v) is 4.61. The van der Waals surface area contributed by atoms with E-state index in [1.807, 2.05) is 42.5 Å². The number of carbonyl (C=O) groups is 1. The van der Waals surface area contributed by atoms with Crippen molar-refractivity contribution in [2.75, 3.05) is 20.3 Å². The summed E-state index contributed by atoms with van der Waals surface area (Å²) in [6.07, 6.45) is 0. The molecule has 0 aliphatic carbocycles. The summed E-state index contributed by atoms with van der Waals surface area (Å²) >= 11 is 0. The first-order chi connectivity index (χ1) is 16.9. The third-order valence-corrected chi connectivity index (χ3v) is 6.74. The highest BCUT2D eigenvalue weighted by atomic mass is 32.2. The maximum Gasteiger partial charge on any atom is 0.339 e. The molecule has 0 unspecified atom stereocenters. The Hall–Kier alpha value is -3.75. The molecule has 0 aliphatic heterocycles. The van der Waals surface area contributed by atoms with Gasteiger partial charge in [-0.2, -0.15) is 8.42 Å². The molecule has 0 saturated heterocycles. The van der Waals surface area contributed by atoms with Crippen LogP contribution in [0.2, 0.25) is 0 Å². The van der Waals surface area contributed by atoms with Gasteiger partial charge in [-0.05, 0) is 58.8 Å². The zero-order valence-electron chi connectivity index (χ0n) is 19.1. The Kier molecular flexibility index (Phi) is 7.43. The van der Waals surface area contributed by atoms with Crippen LogP contribution in [0.15, 0.2) is 95.9 Å². The minimum atomic E-state index is -4.10. The molecule has 35 heavy (non-hydrogen) atoms. The lowest BCUT2D eigenvalue weighted by Crippen LogP contribution is -2.33. The van der Waals surface area contributed by atoms with Gasteiger partial charge < -0.3 is 13.8 Å². The van der Waals surface area contributed by atoms with Crippen LogP contribution in [0.25, 0.3) is 10.8 Å². The number of benzene rings is 4. The molecule has 0 heterocycles. The highest BCUT2D eigenvalue weighted by molar-refractivity contribution is 7.87. The fraction of sp³-hybridized carbons (Fsp3) is 0.148. The van der Waals surface area contributed by atoms with E-state index < -0.39 is 15.9 Å². The second-order valence-electron chi connectivity index (χ2n) is 7.88. The summed E-state index contributed by atoms with van der Waals surface area (Å²) in [7, 11) is -2.52. The Morgan fingerprint density at radius 3 is 2.29 bits per heavy atom. The van der Waals surface area contributed by atoms with Crippen LogP contribution in [-0.4, -0.2) is 39.5 Å². The van der Waals surface area contributed by atoms with Gasteiger partial charge in [0.15, 0.2) is 0 Å². The van der Waals surface area contributed by atoms with E-state index in [0.717, 1.165) is 40.6 Å². The van der Waals surface area contributed by atoms with Crippen LogP contribution in [0, 0.1) is 5.82 Å². The molecule has 0 aliphatic rings. The van der Waals surface area contributed by atoms with Gasteiger partial charge in [0.1, 0.15) is 16.5 Å². The van der Waals surface area contributed by atoms with Crippen LogP contribution >= 0.6 is 0 Å². The van der Waals surface area contributed by atoms with E-state index in [0.29, 0.717) is 25.3 Å². The molecule has 0 saturated carbocycles. The molecule has 4 aromatic carbocycles. The predicted molar refractivity (Wildman–Crippen MR) is 131 cm³/mol. The van der Waals surface area contributed by atoms with E-state index in [4.69, 9.17) is 8.92 Å². The molecule has 0 radical (unpaired) electrons. The van der Waals surface area contributed by atoms with Gasteiger partial charge in [0, 0.05) is 25.8 Å². The molecule has 1 amide bonds. The van der Waals surface area contributed by atoms with Gasteiger partial charge in [-0.15, -0.1) is 0 Å². The molecule has 0 spiro atoms. The number of methoxy groups -OCH3 is 1. The molecule has 0 bridgehead atoms. The van der Waals surface area contributed by atoms with Crippen molar-refractivity contribution >= 4 is 26.8 Å². The van der Waals surface area contributed by atoms with Crippen molar-refractivity contribution in [3.63, 3.8) is 0 Å². The van der Waals surface area contributed by atoms with E-state index >= 15 is 0 Å². The van der Waals surface area contributed by atoms with Gasteiger partial charge >= 0.3 is 10.1 Å². The Morgan fingerprint density at radius 1 is 0.886 bits per heavy atom. The highest BCUT2D eigenvalue weighted by Crippen LogP contribution is 2.23. The van der Waals surface area contributed by atoms with Crippen LogP contribution in [0.4, 0.5) is 4.39 Å². The van der Waals surface area contributed by atoms with Gasteiger partial charge in [0.2, 0.25) is 0 Å². The Morgan fingerprint density at radius 2 is 1.57 bits per heavy atom. The average molecular weight is 494 g/mol. The van der Waals surface area contributed by atoms with Gasteiger partial charge in [-0.25, -0.2) is 4.39 Å². The highest BCUT2D eigenvalue weighted by Gasteiger charge is 2.19. The van der Waals surface area contributed by atoms with E-state index in [1.54, 1.807) is 24.1 Å². The molecule has 180 valence electrons. The molecule has 0 fully saturated rings. The summed E-state index contributed by atoms with van der Waals surface area (Å²) in [5.41, 5.74) is 1.39. The number of nitrogens with zero attached hydrogens (tertiary/aromatic N) is 1. The van der Waals surface area contributed by atoms with Crippen molar-refractivity contribution in [3.8, 4) is 5.75 Å². The zero-order valence-corrected chi connectivity index (χ0v) is 19.9. The maximum atomic E-state index is 13.4. The minimum Gasteiger partial charge on any atom is -0.383 e. The first kappa shape index (κ1) is 24.4. The Balaban J connectivity index is 1.52. The molecular weight excluding hydrogens is 469 g/mol. The number of rotatable bonds is 9. The second-order valence-corrected chi connectivity index (χ2v) is 9.43. The lowest BCUT2D eigenvalue weighted by molar-refractivity contribution is 0.0682. The van der Waals surface area contributed by atoms with Gasteiger partial charge in [-0.1, -0.05) is 48.5 Å². The largest absolute Gasteiger partial charge is 0.383 e. The second kappa shape index (κ2) is 10.7. The van der Waals surface area contributed by atoms with E-state index in [1.165, 1.54) is 12.1 Å². The van der Waals surface area contributed by atoms with Crippen LogP contribution < -0.4 is 4.18 Å². The van der Waals surface area contributed by atoms with Crippen LogP contribution in [0.1, 0.15) is 15.9 Å². The normalized spacial score (nSPS) is 11.4. The number of hydrogen-bond donors (Lipinski definition) is 0. The molecule has 0 N–H and O–H groups in total. The third-order valence-electron chi connectivity index (χ3n) is 5.48. The standard InChI is InChI=1S/C27H24FNO5S/c1-33-18-17-29(27(30)26-8-4-6-21-5-2-3-7-25(21)26)19-20-9-13-23(14-10-20)34-35(31,32)24-15-11-22(28)12-16-24/h2-16H,17-19H2,1H3. The van der Waals surface area contributed by atoms with E-state index in [2.05, 4.69) is 0 Å². The SMILES string of the molecule is COCCN(Cc1ccc(OS(=O)(=O)c2ccc(F)cc2)cc1)C(=O)c1cccc2ccccc12. The summed E-state index contributed by atoms with van der Waals surface area (Å²) in [6, 6.07) is 24.2. The summed E-state index contributed by atoms with van der Waals surface area (Å²) in [5, 5.41) is 1.85. The fourth-order valence-electron chi connectivity index (χ4n) is 3.68. The van der Waals surface area contributed by atoms with E-state index in [-0.39, 0.29) is 16.6 Å². The number of hydrogen-bond acceptors (Lipinski definition) is 5. The van der Waals surface area contributed by atoms with Crippen molar-refractivity contribution in [2.24, 2.45) is 0 Å². The zero-order chi connectivity index (χ0) is 24.8. The van der Waals surface area contributed by atoms with Crippen molar-refractivity contribution in [3.05, 3.63) is 108 Å². The van der Waals surface area contributed by atoms with E-state index in [9.17, 15) is 17.6 Å². The van der Waals surface area contributed by atoms with Gasteiger partial charge in [0.05, 0.1) is 6.61 Å². The first-order valence-corrected chi connectivity index (χ1v) is 12.3. The van der Waals surface area contributed by atoms with Gasteiger partial charge in [-0.3, -0.25) is 4.79 Å². The smallest absolute Gasteiger partial charge is 0.339 e. The first-order valence-electron chi connectivity index (χ1n) is 10.9. The number of carbonyl (C=O) groups excluding carboxylic acids is 1. The number of halogens is 1. The van der Waals surface area contributed by atoms with Crippen LogP contribution in [-0.2, 0) is 21.4 Å². The molecule has 6 nitrogen and oxygen atoms in total. The molecule has 4 aromatic rings. The van der Waals surface area contributed by atoms with Crippen LogP contribution in [0.5, 0.6) is 5.75 Å². The molecular formula is C27H24FNO5S. The maximum absolute atomic E-state index is 13.4. The summed E-state index contributed by atoms with van der Waals surface area (Å²) in [6.45, 7) is 1.06. The van der Waals surface area contributed by atoms with Gasteiger partial charge in [0.25, 0.3) is 5.91 Å². The van der Waals surface area contributed by atoms with Crippen LogP contribution in [0.3, 0.4) is 0 Å². The molecule has 8 heteroatoms. The average Bonchev–Trinajstić information content (AvgIpc) is 2.87. The summed E-state index contributed by atoms with van der Waals surface area (Å²) in [4.78, 5) is 15.0. The van der Waals surface area contributed by atoms with Crippen molar-refractivity contribution in [1.82, 2.24) is 4.90 Å². The quantitative estimate of drug-likeness (QED) is 0.306. The van der Waals surface area contributed by atoms with Crippen molar-refractivity contribution in [2.45, 2.75) is 11.4 Å². The lowest BCUT2D eigenvalue weighted by atomic mass is 10.0. The topological polar surface area (TPSA) is 72.9 Å². The third kappa shape index (κ3) is 5.85. The Bertz CT molecular complexity index is 1420. The number of fused-ring (bicyclic) bond motifs is 1. The van der Waals surface area contributed by atoms with Crippen molar-refractivity contribution < 1.29 is 26.5 Å². The minimum absolute atomic E-state index is 0.113. The lowest BCUT2D eigenvalue weighted by Gasteiger charge is -2.23. The predicted octanol–water partition coefficient (Wildman–Crippen LogP) is 5.04. The van der Waals surface area contributed by atoms with Crippen molar-refractivity contribution in [1.29, 1.82) is 0 Å². The summed E-state index contributed by atoms with van der Waals surface area (Å²) < 4.78 is 48.3. The number of ether oxygens (including phenoxy) is 1. The number of amides is 1.